The van der Waals surface area contributed by atoms with Crippen LogP contribution >= 0.6 is 0 Å². The number of aromatic nitrogens is 1. The Kier molecular flexibility index (Phi) is 8.53. The Morgan fingerprint density at radius 1 is 1.00 bits per heavy atom. The van der Waals surface area contributed by atoms with Gasteiger partial charge in [-0.2, -0.15) is 0 Å². The minimum Gasteiger partial charge on any atom is -0.379 e. The zero-order valence-corrected chi connectivity index (χ0v) is 21.5. The van der Waals surface area contributed by atoms with E-state index in [1.807, 2.05) is 65.7 Å². The minimum atomic E-state index is -0.665. The Morgan fingerprint density at radius 3 is 2.51 bits per heavy atom. The summed E-state index contributed by atoms with van der Waals surface area (Å²) >= 11 is 0. The van der Waals surface area contributed by atoms with Crippen LogP contribution in [0.1, 0.15) is 49.3 Å². The molecule has 196 valence electrons. The number of morpholine rings is 1. The molecule has 1 atom stereocenters. The monoisotopic (exact) mass is 502 g/mol. The first-order chi connectivity index (χ1) is 18.2. The fraction of sp³-hybridized carbons (Fsp3) is 0.467. The molecule has 37 heavy (non-hydrogen) atoms. The molecule has 1 saturated heterocycles. The third-order valence-corrected chi connectivity index (χ3v) is 7.72. The highest BCUT2D eigenvalue weighted by atomic mass is 16.5. The zero-order chi connectivity index (χ0) is 25.5. The molecule has 0 unspecified atom stereocenters. The van der Waals surface area contributed by atoms with Crippen LogP contribution in [0.15, 0.2) is 60.8 Å². The van der Waals surface area contributed by atoms with Gasteiger partial charge in [0.2, 0.25) is 11.8 Å². The molecule has 2 aliphatic rings. The smallest absolute Gasteiger partial charge is 0.247 e. The molecule has 0 radical (unpaired) electrons. The number of H-pyrrole nitrogens is 1. The summed E-state index contributed by atoms with van der Waals surface area (Å²) < 4.78 is 5.51. The number of hydrogen-bond donors (Lipinski definition) is 2. The maximum Gasteiger partial charge on any atom is 0.247 e. The van der Waals surface area contributed by atoms with Crippen molar-refractivity contribution in [2.45, 2.75) is 50.6 Å². The Balaban J connectivity index is 1.42. The van der Waals surface area contributed by atoms with Gasteiger partial charge in [-0.05, 0) is 30.0 Å². The predicted molar refractivity (Wildman–Crippen MR) is 145 cm³/mol. The normalized spacial score (nSPS) is 17.9. The highest BCUT2D eigenvalue weighted by molar-refractivity contribution is 5.92. The number of amides is 2. The highest BCUT2D eigenvalue weighted by Crippen LogP contribution is 2.26. The van der Waals surface area contributed by atoms with Crippen LogP contribution in [0.2, 0.25) is 0 Å². The highest BCUT2D eigenvalue weighted by Gasteiger charge is 2.33. The number of nitrogens with one attached hydrogen (secondary N) is 2. The van der Waals surface area contributed by atoms with E-state index in [-0.39, 0.29) is 24.3 Å². The average Bonchev–Trinajstić information content (AvgIpc) is 3.35. The van der Waals surface area contributed by atoms with E-state index in [2.05, 4.69) is 15.2 Å². The van der Waals surface area contributed by atoms with E-state index >= 15 is 0 Å². The maximum absolute atomic E-state index is 14.0. The average molecular weight is 503 g/mol. The topological polar surface area (TPSA) is 77.7 Å². The van der Waals surface area contributed by atoms with E-state index in [0.29, 0.717) is 26.3 Å². The number of fused-ring (bicyclic) bond motifs is 1. The van der Waals surface area contributed by atoms with E-state index in [1.165, 1.54) is 6.42 Å². The number of benzene rings is 2. The van der Waals surface area contributed by atoms with E-state index in [9.17, 15) is 9.59 Å². The molecule has 1 aliphatic carbocycles. The lowest BCUT2D eigenvalue weighted by atomic mass is 9.94. The summed E-state index contributed by atoms with van der Waals surface area (Å²) in [6.07, 6.45) is 7.68. The molecule has 7 nitrogen and oxygen atoms in total. The molecule has 0 spiro atoms. The van der Waals surface area contributed by atoms with E-state index in [1.54, 1.807) is 0 Å². The second kappa shape index (κ2) is 12.4. The van der Waals surface area contributed by atoms with Gasteiger partial charge >= 0.3 is 0 Å². The Hall–Kier alpha value is -3.16. The molecule has 1 saturated carbocycles. The number of hydrogen-bond acceptors (Lipinski definition) is 4. The van der Waals surface area contributed by atoms with Gasteiger partial charge in [0.15, 0.2) is 0 Å². The first-order valence-corrected chi connectivity index (χ1v) is 13.7. The molecule has 2 aromatic carbocycles. The Labute approximate surface area is 219 Å². The first kappa shape index (κ1) is 25.5. The maximum atomic E-state index is 14.0. The van der Waals surface area contributed by atoms with Crippen molar-refractivity contribution in [1.29, 1.82) is 0 Å². The quantitative estimate of drug-likeness (QED) is 0.463. The largest absolute Gasteiger partial charge is 0.379 e. The predicted octanol–water partition coefficient (Wildman–Crippen LogP) is 4.06. The van der Waals surface area contributed by atoms with Crippen molar-refractivity contribution in [1.82, 2.24) is 20.1 Å². The van der Waals surface area contributed by atoms with Gasteiger partial charge in [-0.25, -0.2) is 0 Å². The molecule has 5 rings (SSSR count). The summed E-state index contributed by atoms with van der Waals surface area (Å²) in [5.41, 5.74) is 2.82. The first-order valence-electron chi connectivity index (χ1n) is 13.7. The molecule has 2 N–H and O–H groups in total. The summed E-state index contributed by atoms with van der Waals surface area (Å²) in [6, 6.07) is 17.3. The zero-order valence-electron chi connectivity index (χ0n) is 21.5. The number of aromatic amines is 1. The summed E-state index contributed by atoms with van der Waals surface area (Å²) in [4.78, 5) is 35.3. The van der Waals surface area contributed by atoms with Gasteiger partial charge in [0.25, 0.3) is 0 Å². The second-order valence-electron chi connectivity index (χ2n) is 10.2. The number of carbonyl (C=O) groups excluding carboxylic acids is 2. The van der Waals surface area contributed by atoms with Crippen molar-refractivity contribution in [3.63, 3.8) is 0 Å². The van der Waals surface area contributed by atoms with E-state index in [4.69, 9.17) is 4.74 Å². The van der Waals surface area contributed by atoms with Crippen molar-refractivity contribution in [2.24, 2.45) is 0 Å². The van der Waals surface area contributed by atoms with Crippen molar-refractivity contribution < 1.29 is 14.3 Å². The lowest BCUT2D eigenvalue weighted by Crippen LogP contribution is -2.50. The SMILES string of the molecule is O=C(NC1CCCCC1)[C@@H](c1ccccc1)N(CCN1CCOCC1)C(=O)Cc1c[nH]c2ccccc12. The van der Waals surface area contributed by atoms with Crippen molar-refractivity contribution in [3.8, 4) is 0 Å². The van der Waals surface area contributed by atoms with Gasteiger partial charge in [-0.3, -0.25) is 14.5 Å². The number of ether oxygens (including phenoxy) is 1. The standard InChI is InChI=1S/C30H38N4O3/c35-28(21-24-22-31-27-14-8-7-13-26(24)27)34(16-15-33-17-19-37-20-18-33)29(23-9-3-1-4-10-23)30(36)32-25-11-5-2-6-12-25/h1,3-4,7-10,13-14,22,25,29,31H,2,5-6,11-12,15-21H2,(H,32,36)/t29-/m1/s1. The molecule has 3 aromatic rings. The summed E-state index contributed by atoms with van der Waals surface area (Å²) in [7, 11) is 0. The van der Waals surface area contributed by atoms with Crippen LogP contribution in [-0.2, 0) is 20.7 Å². The molecule has 2 heterocycles. The lowest BCUT2D eigenvalue weighted by Gasteiger charge is -2.35. The van der Waals surface area contributed by atoms with Gasteiger partial charge in [-0.1, -0.05) is 67.8 Å². The van der Waals surface area contributed by atoms with Gasteiger partial charge in [-0.15, -0.1) is 0 Å². The van der Waals surface area contributed by atoms with Crippen LogP contribution in [0.3, 0.4) is 0 Å². The van der Waals surface area contributed by atoms with Crippen LogP contribution in [0.5, 0.6) is 0 Å². The fourth-order valence-electron chi connectivity index (χ4n) is 5.65. The molecule has 0 bridgehead atoms. The van der Waals surface area contributed by atoms with E-state index in [0.717, 1.165) is 60.8 Å². The Morgan fingerprint density at radius 2 is 1.73 bits per heavy atom. The minimum absolute atomic E-state index is 0.0364. The van der Waals surface area contributed by atoms with Gasteiger partial charge in [0.05, 0.1) is 19.6 Å². The van der Waals surface area contributed by atoms with Crippen molar-refractivity contribution in [2.75, 3.05) is 39.4 Å². The molecule has 1 aliphatic heterocycles. The van der Waals surface area contributed by atoms with Gasteiger partial charge in [0, 0.05) is 49.3 Å². The van der Waals surface area contributed by atoms with Crippen LogP contribution < -0.4 is 5.32 Å². The lowest BCUT2D eigenvalue weighted by molar-refractivity contribution is -0.141. The fourth-order valence-corrected chi connectivity index (χ4v) is 5.65. The van der Waals surface area contributed by atoms with Crippen molar-refractivity contribution in [3.05, 3.63) is 71.9 Å². The second-order valence-corrected chi connectivity index (χ2v) is 10.2. The number of nitrogens with zero attached hydrogens (tertiary/aromatic N) is 2. The van der Waals surface area contributed by atoms with Crippen LogP contribution in [0, 0.1) is 0 Å². The summed E-state index contributed by atoms with van der Waals surface area (Å²) in [6.45, 7) is 4.28. The number of rotatable bonds is 9. The molecule has 2 fully saturated rings. The summed E-state index contributed by atoms with van der Waals surface area (Å²) in [5, 5.41) is 4.35. The summed E-state index contributed by atoms with van der Waals surface area (Å²) in [5.74, 6) is -0.113. The number of para-hydroxylation sites is 1. The van der Waals surface area contributed by atoms with Gasteiger partial charge < -0.3 is 19.9 Å². The molecule has 1 aromatic heterocycles. The van der Waals surface area contributed by atoms with Gasteiger partial charge in [0.1, 0.15) is 6.04 Å². The van der Waals surface area contributed by atoms with E-state index < -0.39 is 6.04 Å². The van der Waals surface area contributed by atoms with Crippen molar-refractivity contribution >= 4 is 22.7 Å². The molecular formula is C30H38N4O3. The third kappa shape index (κ3) is 6.40. The number of carbonyl (C=O) groups is 2. The molecule has 7 heteroatoms. The molecule has 2 amide bonds. The third-order valence-electron chi connectivity index (χ3n) is 7.72. The van der Waals surface area contributed by atoms with Crippen LogP contribution in [-0.4, -0.2) is 72.0 Å². The Bertz CT molecular complexity index is 1170. The van der Waals surface area contributed by atoms with Crippen LogP contribution in [0.4, 0.5) is 0 Å². The van der Waals surface area contributed by atoms with Crippen LogP contribution in [0.25, 0.3) is 10.9 Å². The molecular weight excluding hydrogens is 464 g/mol.